The van der Waals surface area contributed by atoms with E-state index < -0.39 is 0 Å². The van der Waals surface area contributed by atoms with Gasteiger partial charge in [-0.05, 0) is 38.3 Å². The van der Waals surface area contributed by atoms with Crippen molar-refractivity contribution in [3.8, 4) is 0 Å². The largest absolute Gasteiger partial charge is 0.450 e. The third-order valence-electron chi connectivity index (χ3n) is 3.17. The summed E-state index contributed by atoms with van der Waals surface area (Å²) in [5.74, 6) is 0.669. The molecule has 1 amide bonds. The maximum Gasteiger partial charge on any atom is 0.407 e. The highest BCUT2D eigenvalue weighted by atomic mass is 16.5. The lowest BCUT2D eigenvalue weighted by atomic mass is 10.1. The van der Waals surface area contributed by atoms with E-state index in [4.69, 9.17) is 9.47 Å². The molecule has 2 atom stereocenters. The van der Waals surface area contributed by atoms with Crippen LogP contribution in [0.3, 0.4) is 0 Å². The lowest BCUT2D eigenvalue weighted by Gasteiger charge is -2.12. The minimum Gasteiger partial charge on any atom is -0.450 e. The van der Waals surface area contributed by atoms with Gasteiger partial charge in [-0.25, -0.2) is 4.79 Å². The number of hydrogen-bond donors (Lipinski definition) is 2. The molecule has 2 rings (SSSR count). The minimum atomic E-state index is -0.304. The predicted molar refractivity (Wildman–Crippen MR) is 59.3 cm³/mol. The highest BCUT2D eigenvalue weighted by Crippen LogP contribution is 2.11. The number of nitrogens with one attached hydrogen (secondary N) is 2. The van der Waals surface area contributed by atoms with E-state index in [0.29, 0.717) is 19.1 Å². The highest BCUT2D eigenvalue weighted by Gasteiger charge is 2.19. The fourth-order valence-electron chi connectivity index (χ4n) is 2.14. The molecule has 0 saturated carbocycles. The summed E-state index contributed by atoms with van der Waals surface area (Å²) in [6, 6.07) is 0.139. The molecule has 5 nitrogen and oxygen atoms in total. The van der Waals surface area contributed by atoms with Gasteiger partial charge in [0.2, 0.25) is 0 Å². The number of ether oxygens (including phenoxy) is 2. The van der Waals surface area contributed by atoms with Crippen molar-refractivity contribution < 1.29 is 14.3 Å². The second-order valence-electron chi connectivity index (χ2n) is 4.49. The third kappa shape index (κ3) is 3.64. The zero-order chi connectivity index (χ0) is 11.2. The van der Waals surface area contributed by atoms with E-state index in [1.165, 1.54) is 6.42 Å². The molecule has 2 saturated heterocycles. The van der Waals surface area contributed by atoms with Gasteiger partial charge in [0.25, 0.3) is 0 Å². The SMILES string of the molecule is O=C(NC1CCOC1)OCCC1CCNC1. The average Bonchev–Trinajstić information content (AvgIpc) is 2.90. The van der Waals surface area contributed by atoms with Gasteiger partial charge in [-0.15, -0.1) is 0 Å². The Morgan fingerprint density at radius 1 is 1.50 bits per heavy atom. The summed E-state index contributed by atoms with van der Waals surface area (Å²) in [7, 11) is 0. The van der Waals surface area contributed by atoms with Crippen molar-refractivity contribution in [3.05, 3.63) is 0 Å². The van der Waals surface area contributed by atoms with Gasteiger partial charge < -0.3 is 20.1 Å². The van der Waals surface area contributed by atoms with Gasteiger partial charge in [0.05, 0.1) is 19.3 Å². The Hall–Kier alpha value is -0.810. The number of hydrogen-bond acceptors (Lipinski definition) is 4. The number of carbonyl (C=O) groups excluding carboxylic acids is 1. The third-order valence-corrected chi connectivity index (χ3v) is 3.17. The Morgan fingerprint density at radius 3 is 3.12 bits per heavy atom. The van der Waals surface area contributed by atoms with Gasteiger partial charge in [0.15, 0.2) is 0 Å². The molecule has 16 heavy (non-hydrogen) atoms. The van der Waals surface area contributed by atoms with E-state index in [2.05, 4.69) is 10.6 Å². The number of alkyl carbamates (subject to hydrolysis) is 1. The van der Waals surface area contributed by atoms with E-state index in [9.17, 15) is 4.79 Å². The van der Waals surface area contributed by atoms with Crippen LogP contribution in [0.15, 0.2) is 0 Å². The standard InChI is InChI=1S/C11H20N2O3/c14-11(13-10-3-5-15-8-10)16-6-2-9-1-4-12-7-9/h9-10,12H,1-8H2,(H,13,14). The van der Waals surface area contributed by atoms with E-state index in [-0.39, 0.29) is 12.1 Å². The molecule has 2 N–H and O–H groups in total. The second-order valence-corrected chi connectivity index (χ2v) is 4.49. The molecule has 0 aromatic heterocycles. The molecule has 0 radical (unpaired) electrons. The molecule has 2 unspecified atom stereocenters. The quantitative estimate of drug-likeness (QED) is 0.735. The van der Waals surface area contributed by atoms with Crippen LogP contribution in [0.25, 0.3) is 0 Å². The van der Waals surface area contributed by atoms with Gasteiger partial charge in [0.1, 0.15) is 0 Å². The molecule has 2 aliphatic heterocycles. The minimum absolute atomic E-state index is 0.139. The molecular weight excluding hydrogens is 208 g/mol. The number of carbonyl (C=O) groups is 1. The summed E-state index contributed by atoms with van der Waals surface area (Å²) in [4.78, 5) is 11.4. The lowest BCUT2D eigenvalue weighted by molar-refractivity contribution is 0.132. The van der Waals surface area contributed by atoms with Crippen LogP contribution in [0.2, 0.25) is 0 Å². The molecule has 92 valence electrons. The summed E-state index contributed by atoms with van der Waals surface area (Å²) < 4.78 is 10.3. The van der Waals surface area contributed by atoms with Crippen LogP contribution in [0.1, 0.15) is 19.3 Å². The van der Waals surface area contributed by atoms with Crippen LogP contribution < -0.4 is 10.6 Å². The van der Waals surface area contributed by atoms with Crippen molar-refractivity contribution in [1.82, 2.24) is 10.6 Å². The Bertz CT molecular complexity index is 223. The van der Waals surface area contributed by atoms with Crippen LogP contribution in [-0.2, 0) is 9.47 Å². The van der Waals surface area contributed by atoms with Crippen molar-refractivity contribution in [2.75, 3.05) is 32.9 Å². The van der Waals surface area contributed by atoms with Gasteiger partial charge in [0, 0.05) is 6.61 Å². The molecule has 0 aromatic rings. The topological polar surface area (TPSA) is 59.6 Å². The molecule has 0 aromatic carbocycles. The number of rotatable bonds is 4. The summed E-state index contributed by atoms with van der Waals surface area (Å²) in [6.45, 7) is 4.02. The van der Waals surface area contributed by atoms with E-state index in [1.807, 2.05) is 0 Å². The van der Waals surface area contributed by atoms with Crippen LogP contribution in [0.5, 0.6) is 0 Å². The van der Waals surface area contributed by atoms with Crippen molar-refractivity contribution in [2.45, 2.75) is 25.3 Å². The first-order valence-corrected chi connectivity index (χ1v) is 6.06. The normalized spacial score (nSPS) is 29.2. The van der Waals surface area contributed by atoms with Gasteiger partial charge in [-0.2, -0.15) is 0 Å². The van der Waals surface area contributed by atoms with Crippen molar-refractivity contribution in [3.63, 3.8) is 0 Å². The summed E-state index contributed by atoms with van der Waals surface area (Å²) in [6.07, 6.45) is 2.74. The fourth-order valence-corrected chi connectivity index (χ4v) is 2.14. The van der Waals surface area contributed by atoms with E-state index in [0.717, 1.165) is 32.5 Å². The van der Waals surface area contributed by atoms with Crippen molar-refractivity contribution in [1.29, 1.82) is 0 Å². The van der Waals surface area contributed by atoms with Crippen LogP contribution in [0.4, 0.5) is 4.79 Å². The van der Waals surface area contributed by atoms with Crippen LogP contribution >= 0.6 is 0 Å². The molecule has 5 heteroatoms. The maximum absolute atomic E-state index is 11.4. The van der Waals surface area contributed by atoms with E-state index >= 15 is 0 Å². The van der Waals surface area contributed by atoms with Crippen LogP contribution in [0, 0.1) is 5.92 Å². The van der Waals surface area contributed by atoms with Gasteiger partial charge in [-0.3, -0.25) is 0 Å². The molecule has 0 aliphatic carbocycles. The first-order chi connectivity index (χ1) is 7.84. The molecular formula is C11H20N2O3. The molecule has 0 bridgehead atoms. The van der Waals surface area contributed by atoms with Crippen LogP contribution in [-0.4, -0.2) is 45.0 Å². The van der Waals surface area contributed by atoms with Crippen molar-refractivity contribution >= 4 is 6.09 Å². The summed E-state index contributed by atoms with van der Waals surface area (Å²) in [5, 5.41) is 6.10. The summed E-state index contributed by atoms with van der Waals surface area (Å²) in [5.41, 5.74) is 0. The summed E-state index contributed by atoms with van der Waals surface area (Å²) >= 11 is 0. The molecule has 0 spiro atoms. The zero-order valence-electron chi connectivity index (χ0n) is 9.54. The number of amides is 1. The highest BCUT2D eigenvalue weighted by molar-refractivity contribution is 5.67. The second kappa shape index (κ2) is 6.06. The smallest absolute Gasteiger partial charge is 0.407 e. The van der Waals surface area contributed by atoms with Crippen molar-refractivity contribution in [2.24, 2.45) is 5.92 Å². The maximum atomic E-state index is 11.4. The predicted octanol–water partition coefficient (Wildman–Crippen LogP) is 0.501. The monoisotopic (exact) mass is 228 g/mol. The molecule has 2 heterocycles. The zero-order valence-corrected chi connectivity index (χ0v) is 9.54. The Balaban J connectivity index is 1.52. The Labute approximate surface area is 95.9 Å². The first kappa shape index (κ1) is 11.7. The van der Waals surface area contributed by atoms with Gasteiger partial charge in [-0.1, -0.05) is 0 Å². The molecule has 2 aliphatic rings. The lowest BCUT2D eigenvalue weighted by Crippen LogP contribution is -2.35. The Morgan fingerprint density at radius 2 is 2.44 bits per heavy atom. The average molecular weight is 228 g/mol. The fraction of sp³-hybridized carbons (Fsp3) is 0.909. The molecule has 2 fully saturated rings. The first-order valence-electron chi connectivity index (χ1n) is 6.06. The Kier molecular flexibility index (Phi) is 4.42. The van der Waals surface area contributed by atoms with Gasteiger partial charge >= 0.3 is 6.09 Å². The van der Waals surface area contributed by atoms with E-state index in [1.54, 1.807) is 0 Å².